The third kappa shape index (κ3) is 3.92. The molecule has 1 amide bonds. The van der Waals surface area contributed by atoms with Gasteiger partial charge in [0.05, 0.1) is 6.54 Å². The molecule has 0 aromatic heterocycles. The summed E-state index contributed by atoms with van der Waals surface area (Å²) >= 11 is 0. The molecule has 1 heterocycles. The van der Waals surface area contributed by atoms with Crippen LogP contribution in [0.1, 0.15) is 34.6 Å². The van der Waals surface area contributed by atoms with Crippen LogP contribution in [0.25, 0.3) is 0 Å². The highest BCUT2D eigenvalue weighted by molar-refractivity contribution is 5.69. The van der Waals surface area contributed by atoms with Gasteiger partial charge in [0, 0.05) is 25.2 Å². The minimum atomic E-state index is -0.452. The second kappa shape index (κ2) is 5.62. The van der Waals surface area contributed by atoms with Crippen LogP contribution in [0.5, 0.6) is 0 Å². The topological polar surface area (TPSA) is 32.8 Å². The molecule has 102 valence electrons. The van der Waals surface area contributed by atoms with E-state index in [0.29, 0.717) is 6.54 Å². The Morgan fingerprint density at radius 2 is 1.83 bits per heavy atom. The molecule has 4 nitrogen and oxygen atoms in total. The minimum Gasteiger partial charge on any atom is -0.444 e. The Labute approximate surface area is 110 Å². The molecule has 2 unspecified atom stereocenters. The summed E-state index contributed by atoms with van der Waals surface area (Å²) in [5.74, 6) is 2.65. The van der Waals surface area contributed by atoms with Crippen molar-refractivity contribution in [1.82, 2.24) is 9.80 Å². The number of carbonyl (C=O) groups is 1. The number of hydrogen-bond donors (Lipinski definition) is 0. The molecule has 4 heteroatoms. The van der Waals surface area contributed by atoms with Gasteiger partial charge >= 0.3 is 6.09 Å². The molecular weight excluding hydrogens is 228 g/mol. The molecule has 0 N–H and O–H groups in total. The number of piperazine rings is 1. The van der Waals surface area contributed by atoms with Gasteiger partial charge in [-0.2, -0.15) is 0 Å². The molecule has 1 aliphatic rings. The lowest BCUT2D eigenvalue weighted by molar-refractivity contribution is -0.0129. The summed E-state index contributed by atoms with van der Waals surface area (Å²) in [6.07, 6.45) is 5.10. The SMILES string of the molecule is C#CCN1CC(C)N(C(=O)OC(C)(C)C)C(C)C1. The van der Waals surface area contributed by atoms with Gasteiger partial charge < -0.3 is 9.64 Å². The molecule has 1 aliphatic heterocycles. The molecule has 0 radical (unpaired) electrons. The highest BCUT2D eigenvalue weighted by atomic mass is 16.6. The molecule has 0 bridgehead atoms. The number of carbonyl (C=O) groups excluding carboxylic acids is 1. The van der Waals surface area contributed by atoms with Crippen molar-refractivity contribution in [3.63, 3.8) is 0 Å². The molecular formula is C14H24N2O2. The van der Waals surface area contributed by atoms with E-state index in [-0.39, 0.29) is 18.2 Å². The van der Waals surface area contributed by atoms with Crippen LogP contribution in [-0.2, 0) is 4.74 Å². The zero-order valence-electron chi connectivity index (χ0n) is 12.1. The Bertz CT molecular complexity index is 329. The molecule has 2 atom stereocenters. The zero-order valence-corrected chi connectivity index (χ0v) is 12.1. The molecule has 0 spiro atoms. The zero-order chi connectivity index (χ0) is 13.9. The molecule has 1 saturated heterocycles. The van der Waals surface area contributed by atoms with Gasteiger partial charge in [-0.05, 0) is 34.6 Å². The van der Waals surface area contributed by atoms with E-state index in [4.69, 9.17) is 11.2 Å². The van der Waals surface area contributed by atoms with Crippen molar-refractivity contribution in [3.05, 3.63) is 0 Å². The first-order valence-electron chi connectivity index (χ1n) is 6.41. The average Bonchev–Trinajstić information content (AvgIpc) is 2.13. The number of terminal acetylenes is 1. The fourth-order valence-corrected chi connectivity index (χ4v) is 2.36. The largest absolute Gasteiger partial charge is 0.444 e. The van der Waals surface area contributed by atoms with Crippen molar-refractivity contribution in [2.45, 2.75) is 52.3 Å². The van der Waals surface area contributed by atoms with Crippen LogP contribution in [0, 0.1) is 12.3 Å². The van der Waals surface area contributed by atoms with Crippen LogP contribution in [0.15, 0.2) is 0 Å². The number of nitrogens with zero attached hydrogens (tertiary/aromatic N) is 2. The number of ether oxygens (including phenoxy) is 1. The van der Waals surface area contributed by atoms with Crippen LogP contribution in [0.2, 0.25) is 0 Å². The van der Waals surface area contributed by atoms with Crippen LogP contribution < -0.4 is 0 Å². The Hall–Kier alpha value is -1.21. The molecule has 1 fully saturated rings. The maximum absolute atomic E-state index is 12.1. The molecule has 0 aromatic carbocycles. The summed E-state index contributed by atoms with van der Waals surface area (Å²) in [4.78, 5) is 16.2. The van der Waals surface area contributed by atoms with Gasteiger partial charge in [0.15, 0.2) is 0 Å². The summed E-state index contributed by atoms with van der Waals surface area (Å²) < 4.78 is 5.44. The van der Waals surface area contributed by atoms with Crippen LogP contribution in [0.3, 0.4) is 0 Å². The van der Waals surface area contributed by atoms with Crippen molar-refractivity contribution in [3.8, 4) is 12.3 Å². The molecule has 18 heavy (non-hydrogen) atoms. The maximum Gasteiger partial charge on any atom is 0.410 e. The average molecular weight is 252 g/mol. The van der Waals surface area contributed by atoms with Crippen molar-refractivity contribution >= 4 is 6.09 Å². The van der Waals surface area contributed by atoms with E-state index in [1.165, 1.54) is 0 Å². The summed E-state index contributed by atoms with van der Waals surface area (Å²) in [6.45, 7) is 11.9. The van der Waals surface area contributed by atoms with Gasteiger partial charge in [0.2, 0.25) is 0 Å². The van der Waals surface area contributed by atoms with Crippen molar-refractivity contribution < 1.29 is 9.53 Å². The molecule has 0 aromatic rings. The summed E-state index contributed by atoms with van der Waals surface area (Å²) in [6, 6.07) is 0.244. The van der Waals surface area contributed by atoms with Gasteiger partial charge in [-0.3, -0.25) is 4.90 Å². The lowest BCUT2D eigenvalue weighted by Crippen LogP contribution is -2.59. The van der Waals surface area contributed by atoms with Crippen LogP contribution >= 0.6 is 0 Å². The van der Waals surface area contributed by atoms with Gasteiger partial charge in [-0.1, -0.05) is 5.92 Å². The second-order valence-electron chi connectivity index (χ2n) is 5.98. The van der Waals surface area contributed by atoms with E-state index in [1.54, 1.807) is 0 Å². The lowest BCUT2D eigenvalue weighted by atomic mass is 10.1. The van der Waals surface area contributed by atoms with Gasteiger partial charge in [-0.25, -0.2) is 4.79 Å². The Morgan fingerprint density at radius 1 is 1.33 bits per heavy atom. The van der Waals surface area contributed by atoms with Crippen molar-refractivity contribution in [1.29, 1.82) is 0 Å². The number of amides is 1. The third-order valence-corrected chi connectivity index (χ3v) is 2.91. The number of rotatable bonds is 1. The van der Waals surface area contributed by atoms with E-state index >= 15 is 0 Å². The monoisotopic (exact) mass is 252 g/mol. The summed E-state index contributed by atoms with van der Waals surface area (Å²) in [5.41, 5.74) is -0.452. The van der Waals surface area contributed by atoms with E-state index in [9.17, 15) is 4.79 Å². The Morgan fingerprint density at radius 3 is 2.22 bits per heavy atom. The highest BCUT2D eigenvalue weighted by Crippen LogP contribution is 2.19. The van der Waals surface area contributed by atoms with Crippen molar-refractivity contribution in [2.75, 3.05) is 19.6 Å². The van der Waals surface area contributed by atoms with Crippen LogP contribution in [0.4, 0.5) is 4.79 Å². The first-order valence-corrected chi connectivity index (χ1v) is 6.41. The normalized spacial score (nSPS) is 25.7. The van der Waals surface area contributed by atoms with E-state index < -0.39 is 5.60 Å². The highest BCUT2D eigenvalue weighted by Gasteiger charge is 2.35. The Kier molecular flexibility index (Phi) is 4.64. The Balaban J connectivity index is 2.68. The first-order chi connectivity index (χ1) is 8.24. The van der Waals surface area contributed by atoms with E-state index in [0.717, 1.165) is 13.1 Å². The fraction of sp³-hybridized carbons (Fsp3) is 0.786. The maximum atomic E-state index is 12.1. The predicted octanol–water partition coefficient (Wildman–Crippen LogP) is 1.95. The predicted molar refractivity (Wildman–Crippen MR) is 72.3 cm³/mol. The second-order valence-corrected chi connectivity index (χ2v) is 5.98. The van der Waals surface area contributed by atoms with E-state index in [2.05, 4.69) is 10.8 Å². The fourth-order valence-electron chi connectivity index (χ4n) is 2.36. The standard InChI is InChI=1S/C14H24N2O2/c1-7-8-15-9-11(2)16(12(3)10-15)13(17)18-14(4,5)6/h1,11-12H,8-10H2,2-6H3. The van der Waals surface area contributed by atoms with Crippen LogP contribution in [-0.4, -0.2) is 53.2 Å². The quantitative estimate of drug-likeness (QED) is 0.669. The summed E-state index contributed by atoms with van der Waals surface area (Å²) in [5, 5.41) is 0. The molecule has 0 saturated carbocycles. The third-order valence-electron chi connectivity index (χ3n) is 2.91. The van der Waals surface area contributed by atoms with E-state index in [1.807, 2.05) is 39.5 Å². The smallest absolute Gasteiger partial charge is 0.410 e. The lowest BCUT2D eigenvalue weighted by Gasteiger charge is -2.44. The van der Waals surface area contributed by atoms with Gasteiger partial charge in [-0.15, -0.1) is 6.42 Å². The van der Waals surface area contributed by atoms with Gasteiger partial charge in [0.25, 0.3) is 0 Å². The molecule has 1 rings (SSSR count). The summed E-state index contributed by atoms with van der Waals surface area (Å²) in [7, 11) is 0. The minimum absolute atomic E-state index is 0.122. The van der Waals surface area contributed by atoms with Gasteiger partial charge in [0.1, 0.15) is 5.60 Å². The first kappa shape index (κ1) is 14.8. The molecule has 0 aliphatic carbocycles. The number of hydrogen-bond acceptors (Lipinski definition) is 3. The van der Waals surface area contributed by atoms with Crippen molar-refractivity contribution in [2.24, 2.45) is 0 Å².